The van der Waals surface area contributed by atoms with Crippen LogP contribution in [0, 0.1) is 0 Å². The van der Waals surface area contributed by atoms with Crippen LogP contribution in [0.5, 0.6) is 11.5 Å². The topological polar surface area (TPSA) is 30.5 Å². The predicted octanol–water partition coefficient (Wildman–Crippen LogP) is 1.57. The Morgan fingerprint density at radius 2 is 2.13 bits per heavy atom. The van der Waals surface area contributed by atoms with E-state index in [4.69, 9.17) is 9.47 Å². The van der Waals surface area contributed by atoms with E-state index in [1.54, 1.807) is 18.2 Å². The lowest BCUT2D eigenvalue weighted by atomic mass is 9.95. The van der Waals surface area contributed by atoms with Gasteiger partial charge in [0.15, 0.2) is 11.5 Å². The minimum Gasteiger partial charge on any atom is -0.454 e. The zero-order valence-electron chi connectivity index (χ0n) is 8.25. The van der Waals surface area contributed by atoms with Gasteiger partial charge in [-0.25, -0.2) is 4.39 Å². The predicted molar refractivity (Wildman–Crippen MR) is 52.8 cm³/mol. The first-order valence-corrected chi connectivity index (χ1v) is 5.08. The second-order valence-corrected chi connectivity index (χ2v) is 3.96. The molecule has 0 bridgehead atoms. The lowest BCUT2D eigenvalue weighted by Crippen LogP contribution is -2.23. The molecular weight excluding hydrogens is 197 g/mol. The van der Waals surface area contributed by atoms with Crippen LogP contribution in [0.4, 0.5) is 4.39 Å². The molecule has 0 saturated carbocycles. The van der Waals surface area contributed by atoms with Gasteiger partial charge in [0.2, 0.25) is 6.79 Å². The molecule has 0 radical (unpaired) electrons. The number of rotatable bonds is 1. The molecule has 4 heteroatoms. The summed E-state index contributed by atoms with van der Waals surface area (Å²) in [5.74, 6) is 1.35. The summed E-state index contributed by atoms with van der Waals surface area (Å²) in [6.07, 6.45) is 0.520. The Morgan fingerprint density at radius 3 is 2.93 bits per heavy atom. The largest absolute Gasteiger partial charge is 0.454 e. The molecule has 1 unspecified atom stereocenters. The maximum Gasteiger partial charge on any atom is 0.231 e. The highest BCUT2D eigenvalue weighted by Crippen LogP contribution is 2.39. The smallest absolute Gasteiger partial charge is 0.231 e. The first-order valence-electron chi connectivity index (χ1n) is 5.08. The summed E-state index contributed by atoms with van der Waals surface area (Å²) in [7, 11) is 0. The van der Waals surface area contributed by atoms with Crippen LogP contribution in [0.2, 0.25) is 0 Å². The molecule has 3 rings (SSSR count). The third-order valence-electron chi connectivity index (χ3n) is 2.99. The standard InChI is InChI=1S/C11H12FNO2/c12-11(3-4-13-6-11)8-1-2-9-10(5-8)15-7-14-9/h1-2,5,13H,3-4,6-7H2. The number of nitrogens with one attached hydrogen (secondary N) is 1. The molecule has 2 aliphatic rings. The minimum absolute atomic E-state index is 0.232. The van der Waals surface area contributed by atoms with Crippen LogP contribution in [-0.2, 0) is 5.67 Å². The molecule has 0 amide bonds. The number of fused-ring (bicyclic) bond motifs is 1. The zero-order valence-corrected chi connectivity index (χ0v) is 8.25. The molecule has 15 heavy (non-hydrogen) atoms. The van der Waals surface area contributed by atoms with Crippen molar-refractivity contribution in [3.8, 4) is 11.5 Å². The highest BCUT2D eigenvalue weighted by molar-refractivity contribution is 5.46. The van der Waals surface area contributed by atoms with E-state index in [9.17, 15) is 4.39 Å². The molecule has 0 aromatic heterocycles. The van der Waals surface area contributed by atoms with Crippen LogP contribution < -0.4 is 14.8 Å². The van der Waals surface area contributed by atoms with Gasteiger partial charge in [-0.1, -0.05) is 6.07 Å². The fourth-order valence-corrected chi connectivity index (χ4v) is 2.08. The van der Waals surface area contributed by atoms with Gasteiger partial charge in [-0.05, 0) is 30.7 Å². The van der Waals surface area contributed by atoms with Gasteiger partial charge in [0.05, 0.1) is 0 Å². The van der Waals surface area contributed by atoms with E-state index in [-0.39, 0.29) is 6.79 Å². The molecule has 1 aromatic rings. The van der Waals surface area contributed by atoms with E-state index in [0.717, 1.165) is 6.54 Å². The number of ether oxygens (including phenoxy) is 2. The molecule has 2 aliphatic heterocycles. The van der Waals surface area contributed by atoms with Crippen LogP contribution in [0.15, 0.2) is 18.2 Å². The van der Waals surface area contributed by atoms with Crippen molar-refractivity contribution >= 4 is 0 Å². The van der Waals surface area contributed by atoms with Crippen LogP contribution >= 0.6 is 0 Å². The van der Waals surface area contributed by atoms with Crippen LogP contribution in [0.1, 0.15) is 12.0 Å². The van der Waals surface area contributed by atoms with Crippen molar-refractivity contribution in [2.75, 3.05) is 19.9 Å². The maximum atomic E-state index is 14.4. The summed E-state index contributed by atoms with van der Waals surface area (Å²) in [5, 5.41) is 3.03. The SMILES string of the molecule is FC1(c2ccc3c(c2)OCO3)CCNC1. The highest BCUT2D eigenvalue weighted by atomic mass is 19.1. The van der Waals surface area contributed by atoms with Crippen molar-refractivity contribution in [1.29, 1.82) is 0 Å². The molecule has 2 heterocycles. The molecule has 0 aliphatic carbocycles. The fraction of sp³-hybridized carbons (Fsp3) is 0.455. The average Bonchev–Trinajstić information content (AvgIpc) is 2.85. The van der Waals surface area contributed by atoms with E-state index < -0.39 is 5.67 Å². The van der Waals surface area contributed by atoms with E-state index in [1.165, 1.54) is 0 Å². The molecule has 1 aromatic carbocycles. The lowest BCUT2D eigenvalue weighted by Gasteiger charge is -2.18. The third kappa shape index (κ3) is 1.36. The molecular formula is C11H12FNO2. The minimum atomic E-state index is -1.25. The Labute approximate surface area is 87.2 Å². The zero-order chi connectivity index (χ0) is 10.3. The molecule has 1 N–H and O–H groups in total. The van der Waals surface area contributed by atoms with Crippen LogP contribution in [0.25, 0.3) is 0 Å². The summed E-state index contributed by atoms with van der Waals surface area (Å²) >= 11 is 0. The van der Waals surface area contributed by atoms with Crippen molar-refractivity contribution in [1.82, 2.24) is 5.32 Å². The van der Waals surface area contributed by atoms with Gasteiger partial charge in [0.1, 0.15) is 5.67 Å². The Bertz CT molecular complexity index is 388. The number of hydrogen-bond donors (Lipinski definition) is 1. The molecule has 1 fully saturated rings. The average molecular weight is 209 g/mol. The molecule has 1 saturated heterocycles. The summed E-state index contributed by atoms with van der Waals surface area (Å²) < 4.78 is 24.8. The highest BCUT2D eigenvalue weighted by Gasteiger charge is 2.36. The van der Waals surface area contributed by atoms with Gasteiger partial charge < -0.3 is 14.8 Å². The van der Waals surface area contributed by atoms with Crippen molar-refractivity contribution in [2.45, 2.75) is 12.1 Å². The normalized spacial score (nSPS) is 28.3. The van der Waals surface area contributed by atoms with Crippen LogP contribution in [-0.4, -0.2) is 19.9 Å². The third-order valence-corrected chi connectivity index (χ3v) is 2.99. The molecule has 1 atom stereocenters. The number of hydrogen-bond acceptors (Lipinski definition) is 3. The maximum absolute atomic E-state index is 14.4. The fourth-order valence-electron chi connectivity index (χ4n) is 2.08. The van der Waals surface area contributed by atoms with Gasteiger partial charge >= 0.3 is 0 Å². The van der Waals surface area contributed by atoms with Crippen molar-refractivity contribution in [3.63, 3.8) is 0 Å². The van der Waals surface area contributed by atoms with Crippen LogP contribution in [0.3, 0.4) is 0 Å². The van der Waals surface area contributed by atoms with Gasteiger partial charge in [-0.2, -0.15) is 0 Å². The van der Waals surface area contributed by atoms with Gasteiger partial charge in [0, 0.05) is 6.54 Å². The monoisotopic (exact) mass is 209 g/mol. The van der Waals surface area contributed by atoms with Crippen molar-refractivity contribution in [2.24, 2.45) is 0 Å². The van der Waals surface area contributed by atoms with Gasteiger partial charge in [-0.15, -0.1) is 0 Å². The Morgan fingerprint density at radius 1 is 1.27 bits per heavy atom. The van der Waals surface area contributed by atoms with Gasteiger partial charge in [0.25, 0.3) is 0 Å². The Balaban J connectivity index is 1.98. The quantitative estimate of drug-likeness (QED) is 0.761. The first-order chi connectivity index (χ1) is 7.28. The Hall–Kier alpha value is -1.29. The number of alkyl halides is 1. The molecule has 0 spiro atoms. The van der Waals surface area contributed by atoms with E-state index in [2.05, 4.69) is 5.32 Å². The van der Waals surface area contributed by atoms with E-state index in [0.29, 0.717) is 30.0 Å². The first kappa shape index (κ1) is 8.97. The van der Waals surface area contributed by atoms with E-state index in [1.807, 2.05) is 0 Å². The van der Waals surface area contributed by atoms with Crippen molar-refractivity contribution < 1.29 is 13.9 Å². The summed E-state index contributed by atoms with van der Waals surface area (Å²) in [4.78, 5) is 0. The van der Waals surface area contributed by atoms with E-state index >= 15 is 0 Å². The number of halogens is 1. The Kier molecular flexibility index (Phi) is 1.85. The molecule has 3 nitrogen and oxygen atoms in total. The van der Waals surface area contributed by atoms with Crippen molar-refractivity contribution in [3.05, 3.63) is 23.8 Å². The number of benzene rings is 1. The lowest BCUT2D eigenvalue weighted by molar-refractivity contribution is 0.173. The van der Waals surface area contributed by atoms with Gasteiger partial charge in [-0.3, -0.25) is 0 Å². The summed E-state index contributed by atoms with van der Waals surface area (Å²) in [6, 6.07) is 5.30. The summed E-state index contributed by atoms with van der Waals surface area (Å²) in [5.41, 5.74) is -0.571. The second kappa shape index (κ2) is 3.10. The summed E-state index contributed by atoms with van der Waals surface area (Å²) in [6.45, 7) is 1.34. The second-order valence-electron chi connectivity index (χ2n) is 3.96. The molecule has 80 valence electrons.